The van der Waals surface area contributed by atoms with E-state index in [9.17, 15) is 4.79 Å². The van der Waals surface area contributed by atoms with Gasteiger partial charge < -0.3 is 9.47 Å². The molecule has 4 nitrogen and oxygen atoms in total. The Morgan fingerprint density at radius 1 is 1.67 bits per heavy atom. The lowest BCUT2D eigenvalue weighted by Gasteiger charge is -1.97. The van der Waals surface area contributed by atoms with Crippen LogP contribution < -0.4 is 4.74 Å². The molecule has 6 heteroatoms. The molecule has 0 aliphatic heterocycles. The Morgan fingerprint density at radius 3 is 3.00 bits per heavy atom. The summed E-state index contributed by atoms with van der Waals surface area (Å²) < 4.78 is 9.96. The van der Waals surface area contributed by atoms with Crippen LogP contribution in [0.25, 0.3) is 0 Å². The molecule has 1 aromatic heterocycles. The molecule has 0 amide bonds. The lowest BCUT2D eigenvalue weighted by Crippen LogP contribution is -1.98. The molecule has 82 valence electrons. The minimum absolute atomic E-state index is 0.151. The van der Waals surface area contributed by atoms with E-state index in [0.717, 1.165) is 11.3 Å². The molecule has 0 N–H and O–H groups in total. The van der Waals surface area contributed by atoms with Gasteiger partial charge in [-0.05, 0) is 18.8 Å². The molecule has 0 unspecified atom stereocenters. The summed E-state index contributed by atoms with van der Waals surface area (Å²) in [5.74, 6) is 0.174. The number of carbonyl (C=O) groups is 1. The second-order valence-corrected chi connectivity index (χ2v) is 4.67. The first-order valence-corrected chi connectivity index (χ1v) is 5.77. The van der Waals surface area contributed by atoms with Gasteiger partial charge >= 0.3 is 5.97 Å². The van der Waals surface area contributed by atoms with Crippen LogP contribution in [0.1, 0.15) is 22.5 Å². The molecule has 0 spiro atoms. The van der Waals surface area contributed by atoms with Crippen LogP contribution in [0.5, 0.6) is 5.19 Å². The first-order chi connectivity index (χ1) is 7.20. The van der Waals surface area contributed by atoms with Crippen molar-refractivity contribution in [2.45, 2.75) is 12.8 Å². The topological polar surface area (TPSA) is 48.4 Å². The highest BCUT2D eigenvalue weighted by molar-refractivity contribution is 7.15. The first kappa shape index (κ1) is 10.7. The van der Waals surface area contributed by atoms with E-state index in [0.29, 0.717) is 22.6 Å². The van der Waals surface area contributed by atoms with Gasteiger partial charge in [-0.3, -0.25) is 0 Å². The maximum absolute atomic E-state index is 11.2. The van der Waals surface area contributed by atoms with Crippen molar-refractivity contribution in [3.8, 4) is 5.19 Å². The van der Waals surface area contributed by atoms with Crippen LogP contribution in [0.3, 0.4) is 0 Å². The van der Waals surface area contributed by atoms with Gasteiger partial charge in [0, 0.05) is 0 Å². The smallest absolute Gasteiger partial charge is 0.351 e. The third-order valence-electron chi connectivity index (χ3n) is 2.08. The zero-order valence-electron chi connectivity index (χ0n) is 8.16. The van der Waals surface area contributed by atoms with E-state index in [1.165, 1.54) is 20.0 Å². The number of ether oxygens (including phenoxy) is 2. The molecule has 0 saturated heterocycles. The summed E-state index contributed by atoms with van der Waals surface area (Å²) in [6, 6.07) is 0. The molecular weight excluding hydrogens is 238 g/mol. The number of thiazole rings is 1. The zero-order valence-corrected chi connectivity index (χ0v) is 9.73. The number of rotatable bonds is 4. The van der Waals surface area contributed by atoms with Gasteiger partial charge in [0.1, 0.15) is 0 Å². The maximum atomic E-state index is 11.2. The number of nitrogens with zero attached hydrogens (tertiary/aromatic N) is 1. The van der Waals surface area contributed by atoms with Gasteiger partial charge in [-0.15, -0.1) is 0 Å². The molecule has 0 atom stereocenters. The zero-order chi connectivity index (χ0) is 10.8. The number of hydrogen-bond acceptors (Lipinski definition) is 5. The van der Waals surface area contributed by atoms with Crippen LogP contribution in [0.15, 0.2) is 0 Å². The fourth-order valence-corrected chi connectivity index (χ4v) is 2.09. The molecule has 1 heterocycles. The molecule has 1 saturated carbocycles. The molecule has 0 bridgehead atoms. The summed E-state index contributed by atoms with van der Waals surface area (Å²) in [4.78, 5) is 15.4. The summed E-state index contributed by atoms with van der Waals surface area (Å²) in [6.07, 6.45) is 2.42. The minimum Gasteiger partial charge on any atom is -0.470 e. The van der Waals surface area contributed by atoms with Gasteiger partial charge in [0.25, 0.3) is 5.19 Å². The number of halogens is 1. The Kier molecular flexibility index (Phi) is 3.11. The number of carbonyl (C=O) groups excluding carboxylic acids is 1. The third-order valence-corrected chi connectivity index (χ3v) is 3.41. The van der Waals surface area contributed by atoms with E-state index in [4.69, 9.17) is 16.3 Å². The van der Waals surface area contributed by atoms with Gasteiger partial charge in [0.2, 0.25) is 0 Å². The molecule has 0 aromatic carbocycles. The fraction of sp³-hybridized carbons (Fsp3) is 0.556. The second-order valence-electron chi connectivity index (χ2n) is 3.35. The van der Waals surface area contributed by atoms with E-state index in [1.807, 2.05) is 0 Å². The Labute approximate surface area is 96.2 Å². The average Bonchev–Trinajstić information content (AvgIpc) is 2.98. The van der Waals surface area contributed by atoms with Crippen LogP contribution in [0, 0.1) is 5.92 Å². The normalized spacial score (nSPS) is 15.1. The number of esters is 1. The predicted octanol–water partition coefficient (Wildman–Crippen LogP) is 2.37. The van der Waals surface area contributed by atoms with E-state index in [-0.39, 0.29) is 5.15 Å². The van der Waals surface area contributed by atoms with Crippen molar-refractivity contribution in [1.29, 1.82) is 0 Å². The molecule has 0 radical (unpaired) electrons. The van der Waals surface area contributed by atoms with Crippen molar-refractivity contribution in [3.05, 3.63) is 10.0 Å². The summed E-state index contributed by atoms with van der Waals surface area (Å²) in [5.41, 5.74) is 0. The Balaban J connectivity index is 2.02. The third kappa shape index (κ3) is 2.60. The minimum atomic E-state index is -0.473. The van der Waals surface area contributed by atoms with E-state index in [2.05, 4.69) is 9.72 Å². The van der Waals surface area contributed by atoms with Crippen molar-refractivity contribution in [2.75, 3.05) is 13.7 Å². The predicted molar refractivity (Wildman–Crippen MR) is 56.7 cm³/mol. The van der Waals surface area contributed by atoms with Gasteiger partial charge in [0.15, 0.2) is 10.0 Å². The Hall–Kier alpha value is -0.810. The number of aromatic nitrogens is 1. The summed E-state index contributed by atoms with van der Waals surface area (Å²) in [6.45, 7) is 0.657. The van der Waals surface area contributed by atoms with Crippen LogP contribution in [0.2, 0.25) is 5.15 Å². The summed E-state index contributed by atoms with van der Waals surface area (Å²) >= 11 is 6.89. The quantitative estimate of drug-likeness (QED) is 0.767. The Morgan fingerprint density at radius 2 is 2.40 bits per heavy atom. The van der Waals surface area contributed by atoms with Crippen molar-refractivity contribution in [1.82, 2.24) is 4.98 Å². The van der Waals surface area contributed by atoms with E-state index in [1.54, 1.807) is 0 Å². The van der Waals surface area contributed by atoms with Gasteiger partial charge in [-0.25, -0.2) is 4.79 Å². The Bertz CT molecular complexity index is 375. The molecular formula is C9H10ClNO3S. The highest BCUT2D eigenvalue weighted by Crippen LogP contribution is 2.33. The number of methoxy groups -OCH3 is 1. The standard InChI is InChI=1S/C9H10ClNO3S/c1-13-8(12)6-7(10)11-9(15-6)14-4-5-2-3-5/h5H,2-4H2,1H3. The molecule has 2 rings (SSSR count). The van der Waals surface area contributed by atoms with Gasteiger partial charge in [-0.2, -0.15) is 4.98 Å². The van der Waals surface area contributed by atoms with Crippen LogP contribution in [-0.2, 0) is 4.74 Å². The SMILES string of the molecule is COC(=O)c1sc(OCC2CC2)nc1Cl. The van der Waals surface area contributed by atoms with Gasteiger partial charge in [0.05, 0.1) is 13.7 Å². The van der Waals surface area contributed by atoms with Crippen molar-refractivity contribution < 1.29 is 14.3 Å². The number of hydrogen-bond donors (Lipinski definition) is 0. The van der Waals surface area contributed by atoms with Crippen molar-refractivity contribution >= 4 is 28.9 Å². The van der Waals surface area contributed by atoms with Crippen LogP contribution in [-0.4, -0.2) is 24.7 Å². The molecule has 1 aromatic rings. The van der Waals surface area contributed by atoms with Gasteiger partial charge in [-0.1, -0.05) is 22.9 Å². The second kappa shape index (κ2) is 4.37. The summed E-state index contributed by atoms with van der Waals surface area (Å²) in [7, 11) is 1.31. The lowest BCUT2D eigenvalue weighted by atomic mass is 10.5. The van der Waals surface area contributed by atoms with E-state index >= 15 is 0 Å². The first-order valence-electron chi connectivity index (χ1n) is 4.58. The molecule has 1 fully saturated rings. The van der Waals surface area contributed by atoms with Crippen LogP contribution >= 0.6 is 22.9 Å². The monoisotopic (exact) mass is 247 g/mol. The lowest BCUT2D eigenvalue weighted by molar-refractivity contribution is 0.0606. The van der Waals surface area contributed by atoms with Crippen molar-refractivity contribution in [3.63, 3.8) is 0 Å². The average molecular weight is 248 g/mol. The summed E-state index contributed by atoms with van der Waals surface area (Å²) in [5, 5.41) is 0.588. The molecule has 1 aliphatic rings. The highest BCUT2D eigenvalue weighted by Gasteiger charge is 2.24. The fourth-order valence-electron chi connectivity index (χ4n) is 1.04. The molecule has 1 aliphatic carbocycles. The molecule has 15 heavy (non-hydrogen) atoms. The maximum Gasteiger partial charge on any atom is 0.351 e. The highest BCUT2D eigenvalue weighted by atomic mass is 35.5. The van der Waals surface area contributed by atoms with Crippen molar-refractivity contribution in [2.24, 2.45) is 5.92 Å². The van der Waals surface area contributed by atoms with E-state index < -0.39 is 5.97 Å². The largest absolute Gasteiger partial charge is 0.470 e. The van der Waals surface area contributed by atoms with Crippen LogP contribution in [0.4, 0.5) is 0 Å².